The molecule has 0 spiro atoms. The van der Waals surface area contributed by atoms with Gasteiger partial charge in [0, 0.05) is 26.3 Å². The number of nitrogens with zero attached hydrogens (tertiary/aromatic N) is 3. The minimum atomic E-state index is -3.61. The molecular weight excluding hydrogens is 310 g/mol. The second-order valence-corrected chi connectivity index (χ2v) is 7.75. The van der Waals surface area contributed by atoms with E-state index in [0.717, 1.165) is 5.56 Å². The van der Waals surface area contributed by atoms with Crippen LogP contribution in [0.2, 0.25) is 0 Å². The number of hydrogen-bond donors (Lipinski definition) is 0. The lowest BCUT2D eigenvalue weighted by molar-refractivity contribution is 0.334. The van der Waals surface area contributed by atoms with Crippen molar-refractivity contribution in [1.82, 2.24) is 13.6 Å². The van der Waals surface area contributed by atoms with Gasteiger partial charge >= 0.3 is 0 Å². The van der Waals surface area contributed by atoms with Gasteiger partial charge in [-0.05, 0) is 31.5 Å². The number of rotatable bonds is 6. The molecule has 0 bridgehead atoms. The molecule has 0 unspecified atom stereocenters. The highest BCUT2D eigenvalue weighted by Gasteiger charge is 2.33. The Morgan fingerprint density at radius 3 is 2.04 bits per heavy atom. The highest BCUT2D eigenvalue weighted by Crippen LogP contribution is 2.29. The summed E-state index contributed by atoms with van der Waals surface area (Å²) >= 11 is 0. The molecule has 0 aliphatic heterocycles. The minimum absolute atomic E-state index is 0.123. The van der Waals surface area contributed by atoms with Crippen molar-refractivity contribution in [2.24, 2.45) is 0 Å². The molecule has 0 saturated heterocycles. The fourth-order valence-electron chi connectivity index (χ4n) is 2.34. The summed E-state index contributed by atoms with van der Waals surface area (Å²) in [5.41, 5.74) is 1.58. The van der Waals surface area contributed by atoms with Crippen LogP contribution in [0.1, 0.15) is 31.1 Å². The summed E-state index contributed by atoms with van der Waals surface area (Å²) < 4.78 is 28.5. The summed E-state index contributed by atoms with van der Waals surface area (Å²) in [4.78, 5) is 4.37. The summed E-state index contributed by atoms with van der Waals surface area (Å²) in [7, 11) is -0.415. The highest BCUT2D eigenvalue weighted by molar-refractivity contribution is 7.86. The van der Waals surface area contributed by atoms with Gasteiger partial charge < -0.3 is 0 Å². The van der Waals surface area contributed by atoms with E-state index in [1.54, 1.807) is 20.3 Å². The number of benzene rings is 1. The number of aromatic nitrogens is 1. The Balaban J connectivity index is 2.51. The van der Waals surface area contributed by atoms with Gasteiger partial charge in [0.15, 0.2) is 0 Å². The summed E-state index contributed by atoms with van der Waals surface area (Å²) in [5.74, 6) is 0. The molecule has 1 heterocycles. The molecule has 5 nitrogen and oxygen atoms in total. The molecule has 0 N–H and O–H groups in total. The first-order valence-corrected chi connectivity index (χ1v) is 8.92. The molecule has 1 aromatic carbocycles. The van der Waals surface area contributed by atoms with Gasteiger partial charge in [-0.15, -0.1) is 0 Å². The van der Waals surface area contributed by atoms with Gasteiger partial charge in [-0.25, -0.2) is 0 Å². The van der Waals surface area contributed by atoms with E-state index in [9.17, 15) is 8.42 Å². The molecule has 1 aromatic heterocycles. The van der Waals surface area contributed by atoms with Crippen molar-refractivity contribution >= 4 is 10.2 Å². The maximum atomic E-state index is 12.9. The maximum Gasteiger partial charge on any atom is 0.282 e. The van der Waals surface area contributed by atoms with Crippen LogP contribution in [0.25, 0.3) is 0 Å². The maximum absolute atomic E-state index is 12.9. The predicted molar refractivity (Wildman–Crippen MR) is 92.1 cm³/mol. The highest BCUT2D eigenvalue weighted by atomic mass is 32.2. The average Bonchev–Trinajstić information content (AvgIpc) is 2.56. The molecule has 124 valence electrons. The molecule has 1 atom stereocenters. The van der Waals surface area contributed by atoms with E-state index in [4.69, 9.17) is 0 Å². The number of hydrogen-bond acceptors (Lipinski definition) is 3. The van der Waals surface area contributed by atoms with Gasteiger partial charge in [0.1, 0.15) is 0 Å². The zero-order valence-electron chi connectivity index (χ0n) is 13.9. The van der Waals surface area contributed by atoms with Gasteiger partial charge in [0.25, 0.3) is 10.2 Å². The summed E-state index contributed by atoms with van der Waals surface area (Å²) in [6, 6.07) is 14.5. The van der Waals surface area contributed by atoms with Gasteiger partial charge in [-0.1, -0.05) is 36.4 Å². The monoisotopic (exact) mass is 333 g/mol. The van der Waals surface area contributed by atoms with Crippen molar-refractivity contribution in [3.63, 3.8) is 0 Å². The number of pyridine rings is 1. The summed E-state index contributed by atoms with van der Waals surface area (Å²) in [6.45, 7) is 3.70. The third-order valence-electron chi connectivity index (χ3n) is 3.90. The first-order chi connectivity index (χ1) is 10.9. The largest absolute Gasteiger partial charge is 0.282 e. The van der Waals surface area contributed by atoms with Crippen LogP contribution >= 0.6 is 0 Å². The van der Waals surface area contributed by atoms with E-state index in [1.165, 1.54) is 8.61 Å². The standard InChI is InChI=1S/C17H23N3O2S/c1-14(2)19(3)23(21,22)20(4)17(15-10-6-5-7-11-15)16-12-8-9-13-18-16/h5-14,17H,1-4H3/t17-/m0/s1. The second kappa shape index (κ2) is 7.21. The molecule has 0 amide bonds. The van der Waals surface area contributed by atoms with Crippen LogP contribution in [0.5, 0.6) is 0 Å². The summed E-state index contributed by atoms with van der Waals surface area (Å²) in [5, 5.41) is 0. The molecule has 6 heteroatoms. The van der Waals surface area contributed by atoms with Gasteiger partial charge in [-0.3, -0.25) is 4.98 Å². The normalized spacial score (nSPS) is 13.7. The van der Waals surface area contributed by atoms with E-state index < -0.39 is 16.3 Å². The molecule has 0 aliphatic rings. The SMILES string of the molecule is CC(C)N(C)S(=O)(=O)N(C)[C@@H](c1ccccc1)c1ccccn1. The van der Waals surface area contributed by atoms with E-state index in [0.29, 0.717) is 5.69 Å². The zero-order valence-corrected chi connectivity index (χ0v) is 14.7. The van der Waals surface area contributed by atoms with Crippen LogP contribution < -0.4 is 0 Å². The molecule has 2 rings (SSSR count). The van der Waals surface area contributed by atoms with Crippen molar-refractivity contribution in [3.05, 3.63) is 66.0 Å². The van der Waals surface area contributed by atoms with Crippen LogP contribution in [0, 0.1) is 0 Å². The molecular formula is C17H23N3O2S. The van der Waals surface area contributed by atoms with E-state index >= 15 is 0 Å². The van der Waals surface area contributed by atoms with Crippen molar-refractivity contribution in [1.29, 1.82) is 0 Å². The Hall–Kier alpha value is -1.76. The third kappa shape index (κ3) is 3.77. The van der Waals surface area contributed by atoms with Crippen molar-refractivity contribution in [2.75, 3.05) is 14.1 Å². The fraction of sp³-hybridized carbons (Fsp3) is 0.353. The van der Waals surface area contributed by atoms with Crippen molar-refractivity contribution < 1.29 is 8.42 Å². The smallest absolute Gasteiger partial charge is 0.259 e. The topological polar surface area (TPSA) is 53.5 Å². The van der Waals surface area contributed by atoms with Crippen LogP contribution in [-0.2, 0) is 10.2 Å². The molecule has 0 aliphatic carbocycles. The van der Waals surface area contributed by atoms with E-state index in [1.807, 2.05) is 62.4 Å². The van der Waals surface area contributed by atoms with Crippen LogP contribution in [0.4, 0.5) is 0 Å². The van der Waals surface area contributed by atoms with E-state index in [-0.39, 0.29) is 6.04 Å². The predicted octanol–water partition coefficient (Wildman–Crippen LogP) is 2.69. The Morgan fingerprint density at radius 1 is 0.913 bits per heavy atom. The fourth-order valence-corrected chi connectivity index (χ4v) is 3.78. The zero-order chi connectivity index (χ0) is 17.0. The molecule has 0 radical (unpaired) electrons. The third-order valence-corrected chi connectivity index (χ3v) is 5.99. The van der Waals surface area contributed by atoms with Crippen LogP contribution in [0.3, 0.4) is 0 Å². The first kappa shape index (κ1) is 17.6. The average molecular weight is 333 g/mol. The Labute approximate surface area is 138 Å². The molecule has 2 aromatic rings. The lowest BCUT2D eigenvalue weighted by atomic mass is 10.0. The first-order valence-electron chi connectivity index (χ1n) is 7.52. The molecule has 23 heavy (non-hydrogen) atoms. The quantitative estimate of drug-likeness (QED) is 0.817. The van der Waals surface area contributed by atoms with E-state index in [2.05, 4.69) is 4.98 Å². The lowest BCUT2D eigenvalue weighted by Gasteiger charge is -2.32. The lowest BCUT2D eigenvalue weighted by Crippen LogP contribution is -2.44. The Kier molecular flexibility index (Phi) is 5.51. The Morgan fingerprint density at radius 2 is 1.52 bits per heavy atom. The van der Waals surface area contributed by atoms with Gasteiger partial charge in [0.05, 0.1) is 11.7 Å². The second-order valence-electron chi connectivity index (χ2n) is 5.70. The summed E-state index contributed by atoms with van der Waals surface area (Å²) in [6.07, 6.45) is 1.68. The Bertz CT molecular complexity index is 679. The van der Waals surface area contributed by atoms with Gasteiger partial charge in [-0.2, -0.15) is 17.0 Å². The van der Waals surface area contributed by atoms with Crippen molar-refractivity contribution in [2.45, 2.75) is 25.9 Å². The molecule has 0 saturated carbocycles. The van der Waals surface area contributed by atoms with Gasteiger partial charge in [0.2, 0.25) is 0 Å². The van der Waals surface area contributed by atoms with Crippen molar-refractivity contribution in [3.8, 4) is 0 Å². The van der Waals surface area contributed by atoms with Crippen LogP contribution in [-0.4, -0.2) is 42.1 Å². The molecule has 0 fully saturated rings. The van der Waals surface area contributed by atoms with Crippen LogP contribution in [0.15, 0.2) is 54.7 Å². The minimum Gasteiger partial charge on any atom is -0.259 e.